The first kappa shape index (κ1) is 14.4. The van der Waals surface area contributed by atoms with E-state index in [4.69, 9.17) is 14.0 Å². The molecule has 2 heterocycles. The van der Waals surface area contributed by atoms with Crippen molar-refractivity contribution in [3.05, 3.63) is 11.7 Å². The third-order valence-electron chi connectivity index (χ3n) is 3.42. The van der Waals surface area contributed by atoms with E-state index < -0.39 is 0 Å². The molecule has 1 aromatic rings. The summed E-state index contributed by atoms with van der Waals surface area (Å²) in [5.74, 6) is 1.96. The van der Waals surface area contributed by atoms with Gasteiger partial charge in [0.05, 0.1) is 25.9 Å². The zero-order valence-corrected chi connectivity index (χ0v) is 11.7. The van der Waals surface area contributed by atoms with Crippen LogP contribution in [0.2, 0.25) is 0 Å². The molecule has 1 fully saturated rings. The maximum Gasteiger partial charge on any atom is 0.244 e. The molecule has 2 rings (SSSR count). The summed E-state index contributed by atoms with van der Waals surface area (Å²) >= 11 is 0. The summed E-state index contributed by atoms with van der Waals surface area (Å²) in [5, 5.41) is 7.44. The van der Waals surface area contributed by atoms with Crippen molar-refractivity contribution in [3.8, 4) is 0 Å². The molecule has 6 heteroatoms. The van der Waals surface area contributed by atoms with E-state index >= 15 is 0 Å². The maximum absolute atomic E-state index is 5.39. The lowest BCUT2D eigenvalue weighted by atomic mass is 9.93. The van der Waals surface area contributed by atoms with Crippen molar-refractivity contribution in [1.29, 1.82) is 0 Å². The number of piperidine rings is 1. The van der Waals surface area contributed by atoms with E-state index in [1.807, 2.05) is 0 Å². The molecule has 0 saturated carbocycles. The van der Waals surface area contributed by atoms with Crippen LogP contribution in [0.1, 0.15) is 37.5 Å². The van der Waals surface area contributed by atoms with E-state index in [0.717, 1.165) is 6.54 Å². The van der Waals surface area contributed by atoms with Gasteiger partial charge in [-0.2, -0.15) is 4.98 Å². The lowest BCUT2D eigenvalue weighted by Crippen LogP contribution is -2.33. The zero-order chi connectivity index (χ0) is 13.5. The smallest absolute Gasteiger partial charge is 0.244 e. The van der Waals surface area contributed by atoms with Gasteiger partial charge in [-0.05, 0) is 25.3 Å². The van der Waals surface area contributed by atoms with Crippen LogP contribution in [0.15, 0.2) is 4.52 Å². The van der Waals surface area contributed by atoms with Crippen LogP contribution >= 0.6 is 0 Å². The number of hydrogen-bond donors (Lipinski definition) is 1. The molecule has 1 aliphatic heterocycles. The Balaban J connectivity index is 1.78. The summed E-state index contributed by atoms with van der Waals surface area (Å²) in [7, 11) is 1.66. The molecular weight excluding hydrogens is 246 g/mol. The summed E-state index contributed by atoms with van der Waals surface area (Å²) in [5.41, 5.74) is 0. The molecule has 1 aliphatic rings. The fourth-order valence-electron chi connectivity index (χ4n) is 2.28. The molecular formula is C13H23N3O3. The number of rotatable bonds is 7. The molecule has 0 spiro atoms. The van der Waals surface area contributed by atoms with Crippen molar-refractivity contribution < 1.29 is 14.0 Å². The SMILES string of the molecule is COCCOCCc1noc(C2NCCCC2C)n1. The molecule has 1 aromatic heterocycles. The van der Waals surface area contributed by atoms with Gasteiger partial charge in [0.2, 0.25) is 5.89 Å². The first-order valence-electron chi connectivity index (χ1n) is 6.94. The topological polar surface area (TPSA) is 69.4 Å². The highest BCUT2D eigenvalue weighted by Gasteiger charge is 2.27. The van der Waals surface area contributed by atoms with Crippen molar-refractivity contribution in [2.45, 2.75) is 32.2 Å². The standard InChI is InChI=1S/C13H23N3O3/c1-10-4-3-6-14-12(10)13-15-11(16-19-13)5-7-18-9-8-17-2/h10,12,14H,3-9H2,1-2H3. The van der Waals surface area contributed by atoms with Crippen molar-refractivity contribution >= 4 is 0 Å². The summed E-state index contributed by atoms with van der Waals surface area (Å²) in [6.45, 7) is 5.04. The van der Waals surface area contributed by atoms with Crippen molar-refractivity contribution in [2.75, 3.05) is 33.5 Å². The Morgan fingerprint density at radius 2 is 2.26 bits per heavy atom. The van der Waals surface area contributed by atoms with E-state index in [9.17, 15) is 0 Å². The van der Waals surface area contributed by atoms with E-state index in [-0.39, 0.29) is 6.04 Å². The van der Waals surface area contributed by atoms with E-state index in [2.05, 4.69) is 22.4 Å². The fraction of sp³-hybridized carbons (Fsp3) is 0.846. The monoisotopic (exact) mass is 269 g/mol. The Morgan fingerprint density at radius 3 is 3.05 bits per heavy atom. The van der Waals surface area contributed by atoms with Crippen LogP contribution in [0.25, 0.3) is 0 Å². The van der Waals surface area contributed by atoms with Gasteiger partial charge in [0.15, 0.2) is 5.82 Å². The molecule has 0 bridgehead atoms. The van der Waals surface area contributed by atoms with Gasteiger partial charge in [-0.25, -0.2) is 0 Å². The second-order valence-electron chi connectivity index (χ2n) is 4.96. The first-order chi connectivity index (χ1) is 9.31. The number of aromatic nitrogens is 2. The Kier molecular flexibility index (Phi) is 5.75. The van der Waals surface area contributed by atoms with Gasteiger partial charge in [-0.1, -0.05) is 12.1 Å². The second kappa shape index (κ2) is 7.57. The van der Waals surface area contributed by atoms with E-state index in [1.54, 1.807) is 7.11 Å². The van der Waals surface area contributed by atoms with Crippen LogP contribution in [0.5, 0.6) is 0 Å². The van der Waals surface area contributed by atoms with Gasteiger partial charge in [0.25, 0.3) is 0 Å². The van der Waals surface area contributed by atoms with Crippen LogP contribution in [0.4, 0.5) is 0 Å². The largest absolute Gasteiger partial charge is 0.382 e. The van der Waals surface area contributed by atoms with Gasteiger partial charge in [0, 0.05) is 13.5 Å². The molecule has 0 amide bonds. The minimum Gasteiger partial charge on any atom is -0.382 e. The van der Waals surface area contributed by atoms with E-state index in [0.29, 0.717) is 43.9 Å². The van der Waals surface area contributed by atoms with Gasteiger partial charge < -0.3 is 19.3 Å². The molecule has 2 atom stereocenters. The third-order valence-corrected chi connectivity index (χ3v) is 3.42. The number of ether oxygens (including phenoxy) is 2. The predicted molar refractivity (Wildman–Crippen MR) is 69.8 cm³/mol. The van der Waals surface area contributed by atoms with Gasteiger partial charge >= 0.3 is 0 Å². The molecule has 0 aliphatic carbocycles. The lowest BCUT2D eigenvalue weighted by Gasteiger charge is -2.26. The zero-order valence-electron chi connectivity index (χ0n) is 11.7. The molecule has 108 valence electrons. The van der Waals surface area contributed by atoms with Gasteiger partial charge in [-0.3, -0.25) is 0 Å². The minimum atomic E-state index is 0.199. The summed E-state index contributed by atoms with van der Waals surface area (Å²) in [6, 6.07) is 0.199. The summed E-state index contributed by atoms with van der Waals surface area (Å²) in [4.78, 5) is 4.45. The van der Waals surface area contributed by atoms with Crippen LogP contribution in [-0.2, 0) is 15.9 Å². The Hall–Kier alpha value is -0.980. The molecule has 6 nitrogen and oxygen atoms in total. The highest BCUT2D eigenvalue weighted by atomic mass is 16.5. The second-order valence-corrected chi connectivity index (χ2v) is 4.96. The van der Waals surface area contributed by atoms with Crippen LogP contribution in [-0.4, -0.2) is 43.6 Å². The molecule has 0 radical (unpaired) electrons. The normalized spacial score (nSPS) is 23.7. The highest BCUT2D eigenvalue weighted by Crippen LogP contribution is 2.27. The van der Waals surface area contributed by atoms with E-state index in [1.165, 1.54) is 12.8 Å². The molecule has 0 aromatic carbocycles. The summed E-state index contributed by atoms with van der Waals surface area (Å²) < 4.78 is 15.6. The summed E-state index contributed by atoms with van der Waals surface area (Å²) in [6.07, 6.45) is 3.09. The number of nitrogens with zero attached hydrogens (tertiary/aromatic N) is 2. The fourth-order valence-corrected chi connectivity index (χ4v) is 2.28. The number of hydrogen-bond acceptors (Lipinski definition) is 6. The molecule has 1 saturated heterocycles. The molecule has 1 N–H and O–H groups in total. The average Bonchev–Trinajstić information content (AvgIpc) is 2.88. The van der Waals surface area contributed by atoms with Crippen LogP contribution in [0, 0.1) is 5.92 Å². The average molecular weight is 269 g/mol. The highest BCUT2D eigenvalue weighted by molar-refractivity contribution is 4.96. The Labute approximate surface area is 113 Å². The van der Waals surface area contributed by atoms with Crippen molar-refractivity contribution in [2.24, 2.45) is 5.92 Å². The van der Waals surface area contributed by atoms with Gasteiger partial charge in [-0.15, -0.1) is 0 Å². The van der Waals surface area contributed by atoms with Crippen molar-refractivity contribution in [3.63, 3.8) is 0 Å². The van der Waals surface area contributed by atoms with Crippen molar-refractivity contribution in [1.82, 2.24) is 15.5 Å². The number of nitrogens with one attached hydrogen (secondary N) is 1. The van der Waals surface area contributed by atoms with Gasteiger partial charge in [0.1, 0.15) is 0 Å². The third kappa shape index (κ3) is 4.26. The minimum absolute atomic E-state index is 0.199. The predicted octanol–water partition coefficient (Wildman–Crippen LogP) is 1.34. The Morgan fingerprint density at radius 1 is 1.37 bits per heavy atom. The van der Waals surface area contributed by atoms with Crippen LogP contribution < -0.4 is 5.32 Å². The Bertz CT molecular complexity index is 370. The maximum atomic E-state index is 5.39. The molecule has 19 heavy (non-hydrogen) atoms. The quantitative estimate of drug-likeness (QED) is 0.753. The number of methoxy groups -OCH3 is 1. The lowest BCUT2D eigenvalue weighted by molar-refractivity contribution is 0.0714. The van der Waals surface area contributed by atoms with Crippen LogP contribution in [0.3, 0.4) is 0 Å². The first-order valence-corrected chi connectivity index (χ1v) is 6.94. The molecule has 2 unspecified atom stereocenters.